The van der Waals surface area contributed by atoms with E-state index >= 15 is 0 Å². The van der Waals surface area contributed by atoms with Crippen molar-refractivity contribution in [2.24, 2.45) is 0 Å². The van der Waals surface area contributed by atoms with Crippen LogP contribution in [0.25, 0.3) is 0 Å². The summed E-state index contributed by atoms with van der Waals surface area (Å²) in [6, 6.07) is -0.681. The van der Waals surface area contributed by atoms with Crippen molar-refractivity contribution in [1.29, 1.82) is 0 Å². The molecule has 0 aromatic heterocycles. The molecule has 1 N–H and O–H groups in total. The van der Waals surface area contributed by atoms with Crippen LogP contribution in [0.2, 0.25) is 0 Å². The number of Topliss-reactive ketones (excluding diaryl/α,β-unsaturated/α-hetero) is 1. The number of alkyl halides is 1. The first-order chi connectivity index (χ1) is 6.11. The topological polar surface area (TPSA) is 66.8 Å². The van der Waals surface area contributed by atoms with Gasteiger partial charge in [0.2, 0.25) is 0 Å². The van der Waals surface area contributed by atoms with Crippen molar-refractivity contribution in [1.82, 2.24) is 4.90 Å². The lowest BCUT2D eigenvalue weighted by Crippen LogP contribution is -2.41. The second kappa shape index (κ2) is 2.85. The third kappa shape index (κ3) is 1.19. The smallest absolute Gasteiger partial charge is 0.408 e. The molecule has 0 radical (unpaired) electrons. The van der Waals surface area contributed by atoms with E-state index in [0.29, 0.717) is 0 Å². The summed E-state index contributed by atoms with van der Waals surface area (Å²) in [5.41, 5.74) is 0. The van der Waals surface area contributed by atoms with Crippen LogP contribution in [0.4, 0.5) is 4.79 Å². The Kier molecular flexibility index (Phi) is 1.92. The summed E-state index contributed by atoms with van der Waals surface area (Å²) in [5.74, 6) is -0.199. The molecule has 2 heterocycles. The number of ether oxygens (including phenoxy) is 1. The third-order valence-electron chi connectivity index (χ3n) is 2.37. The van der Waals surface area contributed by atoms with Gasteiger partial charge in [0.05, 0.1) is 5.38 Å². The number of halogens is 1. The van der Waals surface area contributed by atoms with Gasteiger partial charge in [-0.2, -0.15) is 0 Å². The first kappa shape index (κ1) is 8.77. The Morgan fingerprint density at radius 3 is 3.00 bits per heavy atom. The van der Waals surface area contributed by atoms with Crippen molar-refractivity contribution in [2.45, 2.75) is 17.5 Å². The van der Waals surface area contributed by atoms with Gasteiger partial charge in [0.15, 0.2) is 5.78 Å². The summed E-state index contributed by atoms with van der Waals surface area (Å²) in [5, 5.41) is 8.35. The van der Waals surface area contributed by atoms with E-state index in [1.165, 1.54) is 0 Å². The molecule has 5 nitrogen and oxygen atoms in total. The fraction of sp³-hybridized carbons (Fsp3) is 0.714. The van der Waals surface area contributed by atoms with Gasteiger partial charge in [-0.3, -0.25) is 9.69 Å². The van der Waals surface area contributed by atoms with Crippen molar-refractivity contribution in [3.63, 3.8) is 0 Å². The molecule has 0 aliphatic carbocycles. The maximum Gasteiger partial charge on any atom is 0.408 e. The zero-order chi connectivity index (χ0) is 9.59. The minimum Gasteiger partial charge on any atom is -0.465 e. The highest BCUT2D eigenvalue weighted by atomic mass is 35.5. The monoisotopic (exact) mass is 205 g/mol. The number of rotatable bonds is 0. The normalized spacial score (nSPS) is 38.1. The van der Waals surface area contributed by atoms with Gasteiger partial charge in [-0.05, 0) is 0 Å². The number of ketones is 1. The summed E-state index contributed by atoms with van der Waals surface area (Å²) in [4.78, 5) is 23.0. The molecule has 0 unspecified atom stereocenters. The molecule has 0 saturated carbocycles. The lowest BCUT2D eigenvalue weighted by Gasteiger charge is -2.16. The van der Waals surface area contributed by atoms with Gasteiger partial charge < -0.3 is 9.84 Å². The number of fused-ring (bicyclic) bond motifs is 1. The number of hydrogen-bond acceptors (Lipinski definition) is 3. The van der Waals surface area contributed by atoms with Crippen molar-refractivity contribution < 1.29 is 19.4 Å². The van der Waals surface area contributed by atoms with Gasteiger partial charge >= 0.3 is 6.09 Å². The van der Waals surface area contributed by atoms with Crippen LogP contribution in [0.1, 0.15) is 0 Å². The lowest BCUT2D eigenvalue weighted by molar-refractivity contribution is -0.120. The van der Waals surface area contributed by atoms with Crippen molar-refractivity contribution >= 4 is 23.5 Å². The second-order valence-corrected chi connectivity index (χ2v) is 3.70. The molecule has 0 spiro atoms. The van der Waals surface area contributed by atoms with E-state index in [2.05, 4.69) is 0 Å². The molecular weight excluding hydrogens is 198 g/mol. The molecule has 2 saturated heterocycles. The molecule has 13 heavy (non-hydrogen) atoms. The van der Waals surface area contributed by atoms with Crippen LogP contribution in [-0.4, -0.2) is 52.6 Å². The Balaban J connectivity index is 2.24. The van der Waals surface area contributed by atoms with E-state index in [-0.39, 0.29) is 18.9 Å². The van der Waals surface area contributed by atoms with E-state index in [9.17, 15) is 9.59 Å². The van der Waals surface area contributed by atoms with Gasteiger partial charge in [0.1, 0.15) is 18.8 Å². The van der Waals surface area contributed by atoms with E-state index in [1.807, 2.05) is 0 Å². The molecule has 1 amide bonds. The second-order valence-electron chi connectivity index (χ2n) is 3.14. The molecule has 2 aliphatic heterocycles. The predicted molar refractivity (Wildman–Crippen MR) is 42.9 cm³/mol. The average molecular weight is 206 g/mol. The predicted octanol–water partition coefficient (Wildman–Crippen LogP) is -0.0761. The van der Waals surface area contributed by atoms with Gasteiger partial charge in [-0.25, -0.2) is 4.79 Å². The molecule has 3 atom stereocenters. The highest BCUT2D eigenvalue weighted by Gasteiger charge is 2.51. The van der Waals surface area contributed by atoms with Crippen LogP contribution >= 0.6 is 11.6 Å². The van der Waals surface area contributed by atoms with E-state index in [4.69, 9.17) is 21.4 Å². The first-order valence-electron chi connectivity index (χ1n) is 3.89. The van der Waals surface area contributed by atoms with Gasteiger partial charge in [-0.1, -0.05) is 0 Å². The third-order valence-corrected chi connectivity index (χ3v) is 2.75. The van der Waals surface area contributed by atoms with Gasteiger partial charge in [0, 0.05) is 6.54 Å². The largest absolute Gasteiger partial charge is 0.465 e. The Morgan fingerprint density at radius 2 is 2.38 bits per heavy atom. The summed E-state index contributed by atoms with van der Waals surface area (Å²) >= 11 is 5.84. The molecule has 6 heteroatoms. The Hall–Kier alpha value is -0.810. The van der Waals surface area contributed by atoms with Crippen LogP contribution in [0.5, 0.6) is 0 Å². The minimum absolute atomic E-state index is 0.0255. The van der Waals surface area contributed by atoms with Gasteiger partial charge in [-0.15, -0.1) is 11.6 Å². The zero-order valence-electron chi connectivity index (χ0n) is 6.64. The maximum atomic E-state index is 11.2. The Morgan fingerprint density at radius 1 is 1.69 bits per heavy atom. The van der Waals surface area contributed by atoms with Crippen LogP contribution in [0.15, 0.2) is 0 Å². The van der Waals surface area contributed by atoms with Crippen LogP contribution in [-0.2, 0) is 9.53 Å². The molecule has 2 aliphatic rings. The first-order valence-corrected chi connectivity index (χ1v) is 4.33. The highest BCUT2D eigenvalue weighted by Crippen LogP contribution is 2.30. The van der Waals surface area contributed by atoms with Crippen molar-refractivity contribution in [3.8, 4) is 0 Å². The molecular formula is C7H8ClNO4. The summed E-state index contributed by atoms with van der Waals surface area (Å²) in [6.45, 7) is 0.139. The number of likely N-dealkylation sites (tertiary alicyclic amines) is 1. The number of hydrogen-bond donors (Lipinski definition) is 1. The maximum absolute atomic E-state index is 11.2. The van der Waals surface area contributed by atoms with E-state index in [0.717, 1.165) is 4.90 Å². The molecule has 2 fully saturated rings. The fourth-order valence-corrected chi connectivity index (χ4v) is 2.15. The van der Waals surface area contributed by atoms with Crippen LogP contribution in [0, 0.1) is 0 Å². The quantitative estimate of drug-likeness (QED) is 0.562. The van der Waals surface area contributed by atoms with Crippen LogP contribution < -0.4 is 0 Å². The van der Waals surface area contributed by atoms with E-state index in [1.54, 1.807) is 0 Å². The van der Waals surface area contributed by atoms with Crippen molar-refractivity contribution in [2.75, 3.05) is 13.2 Å². The number of carbonyl (C=O) groups excluding carboxylic acids is 1. The molecule has 2 rings (SSSR count). The molecule has 0 aromatic rings. The average Bonchev–Trinajstić information content (AvgIpc) is 2.55. The number of carboxylic acid groups (broad SMARTS) is 1. The van der Waals surface area contributed by atoms with Crippen LogP contribution in [0.3, 0.4) is 0 Å². The lowest BCUT2D eigenvalue weighted by atomic mass is 10.1. The zero-order valence-corrected chi connectivity index (χ0v) is 7.40. The fourth-order valence-electron chi connectivity index (χ4n) is 1.79. The highest BCUT2D eigenvalue weighted by molar-refractivity contribution is 6.22. The molecule has 72 valence electrons. The Labute approximate surface area is 79.2 Å². The number of amides is 1. The van der Waals surface area contributed by atoms with Crippen molar-refractivity contribution in [3.05, 3.63) is 0 Å². The van der Waals surface area contributed by atoms with E-state index < -0.39 is 23.6 Å². The number of carbonyl (C=O) groups is 2. The summed E-state index contributed by atoms with van der Waals surface area (Å²) < 4.78 is 5.10. The minimum atomic E-state index is -1.11. The standard InChI is InChI=1S/C7H8ClNO4/c8-3-1-9(7(11)12)5-4(10)2-13-6(3)5/h3,5-6H,1-2H2,(H,11,12)/t3-,5+,6+/m0/s1. The summed E-state index contributed by atoms with van der Waals surface area (Å²) in [7, 11) is 0. The molecule has 0 bridgehead atoms. The summed E-state index contributed by atoms with van der Waals surface area (Å²) in [6.07, 6.45) is -1.57. The molecule has 0 aromatic carbocycles. The SMILES string of the molecule is O=C1CO[C@H]2[C@@H]1N(C(=O)O)C[C@@H]2Cl. The number of nitrogens with zero attached hydrogens (tertiary/aromatic N) is 1. The Bertz CT molecular complexity index is 269. The van der Waals surface area contributed by atoms with Gasteiger partial charge in [0.25, 0.3) is 0 Å².